The van der Waals surface area contributed by atoms with Crippen LogP contribution in [0, 0.1) is 10.8 Å². The topological polar surface area (TPSA) is 108 Å². The molecule has 0 aliphatic carbocycles. The smallest absolute Gasteiger partial charge is 0.235 e. The minimum absolute atomic E-state index is 0.0793. The molecule has 1 aliphatic heterocycles. The van der Waals surface area contributed by atoms with Gasteiger partial charge in [-0.1, -0.05) is 5.16 Å². The molecule has 1 atom stereocenters. The molecule has 19 heavy (non-hydrogen) atoms. The summed E-state index contributed by atoms with van der Waals surface area (Å²) in [6.45, 7) is 5.86. The summed E-state index contributed by atoms with van der Waals surface area (Å²) in [5.41, 5.74) is 3.89. The Kier molecular flexibility index (Phi) is 4.07. The highest BCUT2D eigenvalue weighted by Crippen LogP contribution is 2.33. The first-order valence-electron chi connectivity index (χ1n) is 6.18. The van der Waals surface area contributed by atoms with Crippen LogP contribution < -0.4 is 11.1 Å². The number of oxime groups is 1. The van der Waals surface area contributed by atoms with Crippen LogP contribution in [0.3, 0.4) is 0 Å². The van der Waals surface area contributed by atoms with E-state index in [0.717, 1.165) is 0 Å². The molecule has 4 N–H and O–H groups in total. The van der Waals surface area contributed by atoms with Gasteiger partial charge in [-0.25, -0.2) is 0 Å². The fourth-order valence-corrected chi connectivity index (χ4v) is 2.25. The molecule has 108 valence electrons. The van der Waals surface area contributed by atoms with Crippen LogP contribution in [-0.2, 0) is 9.59 Å². The molecule has 7 heteroatoms. The third kappa shape index (κ3) is 2.64. The number of carbonyl (C=O) groups is 2. The monoisotopic (exact) mass is 270 g/mol. The van der Waals surface area contributed by atoms with Gasteiger partial charge in [-0.15, -0.1) is 0 Å². The highest BCUT2D eigenvalue weighted by molar-refractivity contribution is 6.06. The van der Waals surface area contributed by atoms with E-state index in [-0.39, 0.29) is 17.6 Å². The van der Waals surface area contributed by atoms with Crippen molar-refractivity contribution in [1.82, 2.24) is 10.2 Å². The van der Waals surface area contributed by atoms with Gasteiger partial charge in [-0.2, -0.15) is 0 Å². The Labute approximate surface area is 112 Å². The molecular formula is C12H22N4O3. The number of carbonyl (C=O) groups excluding carboxylic acids is 2. The molecule has 1 heterocycles. The molecule has 0 aromatic carbocycles. The highest BCUT2D eigenvalue weighted by atomic mass is 16.4. The van der Waals surface area contributed by atoms with Crippen LogP contribution in [0.5, 0.6) is 0 Å². The van der Waals surface area contributed by atoms with Gasteiger partial charge in [0.05, 0.1) is 5.41 Å². The van der Waals surface area contributed by atoms with Crippen molar-refractivity contribution in [2.45, 2.75) is 27.2 Å². The highest BCUT2D eigenvalue weighted by Gasteiger charge is 2.45. The standard InChI is InChI=1S/C12H22N4O3/c1-11(2,8(13)15-19)10(18)16-6-5-12(3,7-16)9(17)14-4/h19H,5-7H2,1-4H3,(H2,13,15)(H,14,17). The van der Waals surface area contributed by atoms with Gasteiger partial charge in [0, 0.05) is 20.1 Å². The fraction of sp³-hybridized carbons (Fsp3) is 0.750. The third-order valence-corrected chi connectivity index (χ3v) is 3.82. The summed E-state index contributed by atoms with van der Waals surface area (Å²) in [5, 5.41) is 14.2. The number of nitrogens with zero attached hydrogens (tertiary/aromatic N) is 2. The van der Waals surface area contributed by atoms with Gasteiger partial charge < -0.3 is 21.2 Å². The zero-order valence-electron chi connectivity index (χ0n) is 11.9. The van der Waals surface area contributed by atoms with E-state index in [1.54, 1.807) is 25.8 Å². The lowest BCUT2D eigenvalue weighted by Gasteiger charge is -2.29. The van der Waals surface area contributed by atoms with Crippen LogP contribution >= 0.6 is 0 Å². The van der Waals surface area contributed by atoms with Crippen LogP contribution in [-0.4, -0.2) is 47.9 Å². The summed E-state index contributed by atoms with van der Waals surface area (Å²) in [7, 11) is 1.58. The summed E-state index contributed by atoms with van der Waals surface area (Å²) in [4.78, 5) is 25.8. The molecule has 0 aromatic heterocycles. The predicted octanol–water partition coefficient (Wildman–Crippen LogP) is -0.256. The number of amidine groups is 1. The van der Waals surface area contributed by atoms with Crippen LogP contribution in [0.4, 0.5) is 0 Å². The zero-order chi connectivity index (χ0) is 14.8. The van der Waals surface area contributed by atoms with Crippen LogP contribution in [0.1, 0.15) is 27.2 Å². The van der Waals surface area contributed by atoms with E-state index in [1.165, 1.54) is 0 Å². The van der Waals surface area contributed by atoms with Crippen LogP contribution in [0.15, 0.2) is 5.16 Å². The van der Waals surface area contributed by atoms with E-state index >= 15 is 0 Å². The summed E-state index contributed by atoms with van der Waals surface area (Å²) in [6, 6.07) is 0. The molecule has 7 nitrogen and oxygen atoms in total. The summed E-state index contributed by atoms with van der Waals surface area (Å²) < 4.78 is 0. The second-order valence-electron chi connectivity index (χ2n) is 5.73. The number of hydrogen-bond acceptors (Lipinski definition) is 4. The fourth-order valence-electron chi connectivity index (χ4n) is 2.25. The Hall–Kier alpha value is -1.79. The number of hydrogen-bond donors (Lipinski definition) is 3. The van der Waals surface area contributed by atoms with E-state index in [4.69, 9.17) is 10.9 Å². The van der Waals surface area contributed by atoms with E-state index in [1.807, 2.05) is 6.92 Å². The lowest BCUT2D eigenvalue weighted by molar-refractivity contribution is -0.137. The van der Waals surface area contributed by atoms with Crippen molar-refractivity contribution >= 4 is 17.6 Å². The quantitative estimate of drug-likeness (QED) is 0.284. The minimum Gasteiger partial charge on any atom is -0.409 e. The van der Waals surface area contributed by atoms with E-state index in [9.17, 15) is 9.59 Å². The lowest BCUT2D eigenvalue weighted by Crippen LogP contribution is -2.48. The molecule has 0 radical (unpaired) electrons. The van der Waals surface area contributed by atoms with Gasteiger partial charge in [-0.05, 0) is 27.2 Å². The first kappa shape index (κ1) is 15.3. The number of amides is 2. The van der Waals surface area contributed by atoms with Crippen molar-refractivity contribution in [3.8, 4) is 0 Å². The molecule has 0 bridgehead atoms. The summed E-state index contributed by atoms with van der Waals surface area (Å²) >= 11 is 0. The first-order chi connectivity index (χ1) is 8.69. The van der Waals surface area contributed by atoms with Gasteiger partial charge >= 0.3 is 0 Å². The van der Waals surface area contributed by atoms with E-state index < -0.39 is 10.8 Å². The zero-order valence-corrected chi connectivity index (χ0v) is 11.9. The summed E-state index contributed by atoms with van der Waals surface area (Å²) in [6.07, 6.45) is 0.602. The first-order valence-corrected chi connectivity index (χ1v) is 6.18. The van der Waals surface area contributed by atoms with Gasteiger partial charge in [0.15, 0.2) is 5.84 Å². The van der Waals surface area contributed by atoms with Crippen molar-refractivity contribution in [3.63, 3.8) is 0 Å². The molecule has 1 rings (SSSR count). The number of nitrogens with one attached hydrogen (secondary N) is 1. The predicted molar refractivity (Wildman–Crippen MR) is 70.6 cm³/mol. The van der Waals surface area contributed by atoms with Crippen molar-refractivity contribution in [2.24, 2.45) is 21.7 Å². The summed E-state index contributed by atoms with van der Waals surface area (Å²) in [5.74, 6) is -0.453. The number of rotatable bonds is 3. The van der Waals surface area contributed by atoms with Crippen molar-refractivity contribution in [2.75, 3.05) is 20.1 Å². The molecule has 1 unspecified atom stereocenters. The minimum atomic E-state index is -1.08. The molecule has 1 fully saturated rings. The number of nitrogens with two attached hydrogens (primary N) is 1. The maximum atomic E-state index is 12.4. The van der Waals surface area contributed by atoms with E-state index in [0.29, 0.717) is 19.5 Å². The molecule has 2 amide bonds. The largest absolute Gasteiger partial charge is 0.409 e. The van der Waals surface area contributed by atoms with Crippen molar-refractivity contribution in [1.29, 1.82) is 0 Å². The average molecular weight is 270 g/mol. The Morgan fingerprint density at radius 1 is 1.47 bits per heavy atom. The van der Waals surface area contributed by atoms with Gasteiger partial charge in [0.25, 0.3) is 0 Å². The second-order valence-corrected chi connectivity index (χ2v) is 5.73. The van der Waals surface area contributed by atoms with Crippen molar-refractivity contribution < 1.29 is 14.8 Å². The maximum absolute atomic E-state index is 12.4. The second kappa shape index (κ2) is 5.07. The Bertz CT molecular complexity index is 419. The van der Waals surface area contributed by atoms with Gasteiger partial charge in [0.2, 0.25) is 11.8 Å². The van der Waals surface area contributed by atoms with Crippen molar-refractivity contribution in [3.05, 3.63) is 0 Å². The molecule has 1 saturated heterocycles. The Morgan fingerprint density at radius 3 is 2.53 bits per heavy atom. The molecule has 0 spiro atoms. The van der Waals surface area contributed by atoms with Gasteiger partial charge in [0.1, 0.15) is 5.41 Å². The van der Waals surface area contributed by atoms with Gasteiger partial charge in [-0.3, -0.25) is 9.59 Å². The Morgan fingerprint density at radius 2 is 2.05 bits per heavy atom. The molecule has 0 saturated carbocycles. The SMILES string of the molecule is CNC(=O)C1(C)CCN(C(=O)C(C)(C)C(N)=NO)C1. The number of likely N-dealkylation sites (tertiary alicyclic amines) is 1. The van der Waals surface area contributed by atoms with E-state index in [2.05, 4.69) is 10.5 Å². The molecular weight excluding hydrogens is 248 g/mol. The lowest BCUT2D eigenvalue weighted by atomic mass is 9.88. The normalized spacial score (nSPS) is 24.4. The molecule has 1 aliphatic rings. The van der Waals surface area contributed by atoms with Crippen LogP contribution in [0.2, 0.25) is 0 Å². The maximum Gasteiger partial charge on any atom is 0.235 e. The Balaban J connectivity index is 2.86. The third-order valence-electron chi connectivity index (χ3n) is 3.82. The molecule has 0 aromatic rings. The van der Waals surface area contributed by atoms with Crippen LogP contribution in [0.25, 0.3) is 0 Å². The average Bonchev–Trinajstić information content (AvgIpc) is 2.79.